The summed E-state index contributed by atoms with van der Waals surface area (Å²) in [5, 5.41) is 0. The zero-order valence-electron chi connectivity index (χ0n) is 13.3. The third kappa shape index (κ3) is 3.47. The molecule has 0 aliphatic carbocycles. The van der Waals surface area contributed by atoms with Crippen LogP contribution in [0.3, 0.4) is 0 Å². The lowest BCUT2D eigenvalue weighted by Gasteiger charge is -2.32. The number of sulfonamides is 1. The molecule has 0 bridgehead atoms. The Morgan fingerprint density at radius 1 is 1.24 bits per heavy atom. The van der Waals surface area contributed by atoms with Gasteiger partial charge in [0.2, 0.25) is 10.0 Å². The standard InChI is InChI=1S/C16H25NO3S/c1-5-20-15-7-6-8-17(11-15)21(18,19)16-13(3)9-12(2)10-14(16)4/h9-10,15H,5-8,11H2,1-4H3. The minimum atomic E-state index is -3.44. The van der Waals surface area contributed by atoms with E-state index in [1.807, 2.05) is 39.8 Å². The molecule has 0 saturated carbocycles. The van der Waals surface area contributed by atoms with Gasteiger partial charge < -0.3 is 4.74 Å². The molecule has 0 aromatic heterocycles. The second kappa shape index (κ2) is 6.46. The van der Waals surface area contributed by atoms with Gasteiger partial charge in [-0.1, -0.05) is 17.7 Å². The van der Waals surface area contributed by atoms with E-state index in [1.54, 1.807) is 4.31 Å². The summed E-state index contributed by atoms with van der Waals surface area (Å²) in [6.07, 6.45) is 1.81. The van der Waals surface area contributed by atoms with Crippen LogP contribution in [0, 0.1) is 20.8 Å². The molecular weight excluding hydrogens is 286 g/mol. The van der Waals surface area contributed by atoms with Crippen molar-refractivity contribution in [3.63, 3.8) is 0 Å². The monoisotopic (exact) mass is 311 g/mol. The molecule has 1 saturated heterocycles. The van der Waals surface area contributed by atoms with Crippen LogP contribution < -0.4 is 0 Å². The minimum absolute atomic E-state index is 0.0181. The van der Waals surface area contributed by atoms with E-state index in [2.05, 4.69) is 0 Å². The Hall–Kier alpha value is -0.910. The molecule has 0 amide bonds. The number of benzene rings is 1. The molecule has 1 aliphatic rings. The number of aryl methyl sites for hydroxylation is 3. The van der Waals surface area contributed by atoms with E-state index in [0.29, 0.717) is 24.6 Å². The van der Waals surface area contributed by atoms with Gasteiger partial charge in [-0.3, -0.25) is 0 Å². The van der Waals surface area contributed by atoms with Crippen molar-refractivity contribution < 1.29 is 13.2 Å². The van der Waals surface area contributed by atoms with Gasteiger partial charge in [0.1, 0.15) is 0 Å². The molecule has 1 aromatic carbocycles. The molecule has 1 aliphatic heterocycles. The molecule has 0 N–H and O–H groups in total. The Balaban J connectivity index is 2.34. The van der Waals surface area contributed by atoms with Gasteiger partial charge in [-0.25, -0.2) is 8.42 Å². The third-order valence-corrected chi connectivity index (χ3v) is 6.12. The average Bonchev–Trinajstić information content (AvgIpc) is 2.37. The van der Waals surface area contributed by atoms with Gasteiger partial charge in [0.05, 0.1) is 11.0 Å². The maximum atomic E-state index is 13.0. The fourth-order valence-corrected chi connectivity index (χ4v) is 5.12. The third-order valence-electron chi connectivity index (χ3n) is 3.95. The highest BCUT2D eigenvalue weighted by Gasteiger charge is 2.32. The second-order valence-electron chi connectivity index (χ2n) is 5.81. The number of piperidine rings is 1. The molecule has 1 atom stereocenters. The summed E-state index contributed by atoms with van der Waals surface area (Å²) in [4.78, 5) is 0.463. The van der Waals surface area contributed by atoms with Gasteiger partial charge in [-0.2, -0.15) is 4.31 Å². The fraction of sp³-hybridized carbons (Fsp3) is 0.625. The van der Waals surface area contributed by atoms with Crippen molar-refractivity contribution in [3.05, 3.63) is 28.8 Å². The number of rotatable bonds is 4. The largest absolute Gasteiger partial charge is 0.377 e. The second-order valence-corrected chi connectivity index (χ2v) is 7.69. The summed E-state index contributed by atoms with van der Waals surface area (Å²) >= 11 is 0. The molecule has 1 aromatic rings. The van der Waals surface area contributed by atoms with E-state index in [0.717, 1.165) is 29.5 Å². The van der Waals surface area contributed by atoms with Crippen LogP contribution in [0.5, 0.6) is 0 Å². The molecule has 1 fully saturated rings. The predicted octanol–water partition coefficient (Wildman–Crippen LogP) is 2.80. The molecule has 4 nitrogen and oxygen atoms in total. The van der Waals surface area contributed by atoms with Crippen molar-refractivity contribution in [1.29, 1.82) is 0 Å². The van der Waals surface area contributed by atoms with Gasteiger partial charge in [-0.05, 0) is 51.7 Å². The van der Waals surface area contributed by atoms with Crippen LogP contribution in [0.4, 0.5) is 0 Å². The fourth-order valence-electron chi connectivity index (χ4n) is 3.20. The lowest BCUT2D eigenvalue weighted by atomic mass is 10.1. The highest BCUT2D eigenvalue weighted by Crippen LogP contribution is 2.27. The minimum Gasteiger partial charge on any atom is -0.377 e. The number of nitrogens with zero attached hydrogens (tertiary/aromatic N) is 1. The highest BCUT2D eigenvalue weighted by atomic mass is 32.2. The van der Waals surface area contributed by atoms with E-state index < -0.39 is 10.0 Å². The molecule has 0 radical (unpaired) electrons. The Bertz CT molecular complexity index is 585. The molecule has 1 unspecified atom stereocenters. The van der Waals surface area contributed by atoms with E-state index in [1.165, 1.54) is 0 Å². The normalized spacial score (nSPS) is 20.7. The average molecular weight is 311 g/mol. The summed E-state index contributed by atoms with van der Waals surface area (Å²) in [7, 11) is -3.44. The van der Waals surface area contributed by atoms with E-state index in [4.69, 9.17) is 4.74 Å². The summed E-state index contributed by atoms with van der Waals surface area (Å²) in [6.45, 7) is 9.35. The molecule has 21 heavy (non-hydrogen) atoms. The van der Waals surface area contributed by atoms with Crippen molar-refractivity contribution in [2.75, 3.05) is 19.7 Å². The predicted molar refractivity (Wildman–Crippen MR) is 84.1 cm³/mol. The first kappa shape index (κ1) is 16.5. The summed E-state index contributed by atoms with van der Waals surface area (Å²) in [6, 6.07) is 3.87. The quantitative estimate of drug-likeness (QED) is 0.859. The Labute approximate surface area is 128 Å². The molecule has 118 valence electrons. The maximum absolute atomic E-state index is 13.0. The Morgan fingerprint density at radius 3 is 2.43 bits per heavy atom. The summed E-state index contributed by atoms with van der Waals surface area (Å²) < 4.78 is 33.1. The number of hydrogen-bond acceptors (Lipinski definition) is 3. The first-order valence-electron chi connectivity index (χ1n) is 7.56. The van der Waals surface area contributed by atoms with Crippen LogP contribution in [0.1, 0.15) is 36.5 Å². The van der Waals surface area contributed by atoms with Gasteiger partial charge in [0, 0.05) is 19.7 Å². The topological polar surface area (TPSA) is 46.6 Å². The van der Waals surface area contributed by atoms with Crippen molar-refractivity contribution >= 4 is 10.0 Å². The van der Waals surface area contributed by atoms with Crippen molar-refractivity contribution in [2.24, 2.45) is 0 Å². The van der Waals surface area contributed by atoms with E-state index in [-0.39, 0.29) is 6.10 Å². The SMILES string of the molecule is CCOC1CCCN(S(=O)(=O)c2c(C)cc(C)cc2C)C1. The van der Waals surface area contributed by atoms with E-state index in [9.17, 15) is 8.42 Å². The lowest BCUT2D eigenvalue weighted by molar-refractivity contribution is 0.0265. The molecule has 0 spiro atoms. The summed E-state index contributed by atoms with van der Waals surface area (Å²) in [5.41, 5.74) is 2.74. The van der Waals surface area contributed by atoms with Crippen LogP contribution in [0.25, 0.3) is 0 Å². The van der Waals surface area contributed by atoms with Gasteiger partial charge >= 0.3 is 0 Å². The first-order valence-corrected chi connectivity index (χ1v) is 9.00. The van der Waals surface area contributed by atoms with Crippen LogP contribution in [-0.2, 0) is 14.8 Å². The van der Waals surface area contributed by atoms with Gasteiger partial charge in [0.15, 0.2) is 0 Å². The molecule has 2 rings (SSSR count). The zero-order chi connectivity index (χ0) is 15.6. The van der Waals surface area contributed by atoms with Crippen molar-refractivity contribution in [2.45, 2.75) is 51.5 Å². The number of ether oxygens (including phenoxy) is 1. The van der Waals surface area contributed by atoms with Crippen molar-refractivity contribution in [1.82, 2.24) is 4.31 Å². The van der Waals surface area contributed by atoms with Crippen LogP contribution in [-0.4, -0.2) is 38.5 Å². The Morgan fingerprint density at radius 2 is 1.86 bits per heavy atom. The van der Waals surface area contributed by atoms with Crippen LogP contribution in [0.15, 0.2) is 17.0 Å². The van der Waals surface area contributed by atoms with Crippen LogP contribution >= 0.6 is 0 Å². The highest BCUT2D eigenvalue weighted by molar-refractivity contribution is 7.89. The first-order chi connectivity index (χ1) is 9.86. The van der Waals surface area contributed by atoms with Gasteiger partial charge in [-0.15, -0.1) is 0 Å². The van der Waals surface area contributed by atoms with E-state index >= 15 is 0 Å². The summed E-state index contributed by atoms with van der Waals surface area (Å²) in [5.74, 6) is 0. The lowest BCUT2D eigenvalue weighted by Crippen LogP contribution is -2.43. The van der Waals surface area contributed by atoms with Crippen LogP contribution in [0.2, 0.25) is 0 Å². The maximum Gasteiger partial charge on any atom is 0.243 e. The Kier molecular flexibility index (Phi) is 5.07. The molecule has 1 heterocycles. The number of hydrogen-bond donors (Lipinski definition) is 0. The van der Waals surface area contributed by atoms with Gasteiger partial charge in [0.25, 0.3) is 0 Å². The zero-order valence-corrected chi connectivity index (χ0v) is 14.2. The molecule has 5 heteroatoms. The molecular formula is C16H25NO3S. The van der Waals surface area contributed by atoms with Crippen molar-refractivity contribution in [3.8, 4) is 0 Å². The smallest absolute Gasteiger partial charge is 0.243 e.